The van der Waals surface area contributed by atoms with Crippen LogP contribution in [-0.4, -0.2) is 29.8 Å². The molecular formula is C21H21N5O3. The zero-order valence-electron chi connectivity index (χ0n) is 16.1. The van der Waals surface area contributed by atoms with Crippen LogP contribution >= 0.6 is 0 Å². The van der Waals surface area contributed by atoms with E-state index in [9.17, 15) is 9.59 Å². The summed E-state index contributed by atoms with van der Waals surface area (Å²) in [4.78, 5) is 23.6. The molecule has 3 rings (SSSR count). The Kier molecular flexibility index (Phi) is 6.03. The van der Waals surface area contributed by atoms with Crippen molar-refractivity contribution in [2.75, 3.05) is 12.3 Å². The van der Waals surface area contributed by atoms with Crippen LogP contribution in [0.5, 0.6) is 5.75 Å². The van der Waals surface area contributed by atoms with Crippen LogP contribution in [0, 0.1) is 0 Å². The van der Waals surface area contributed by atoms with Gasteiger partial charge >= 0.3 is 0 Å². The summed E-state index contributed by atoms with van der Waals surface area (Å²) in [6, 6.07) is 14.2. The van der Waals surface area contributed by atoms with Gasteiger partial charge in [0.15, 0.2) is 6.61 Å². The lowest BCUT2D eigenvalue weighted by Gasteiger charge is -2.06. The molecule has 1 heterocycles. The third kappa shape index (κ3) is 5.29. The third-order valence-corrected chi connectivity index (χ3v) is 4.20. The number of hydrogen-bond acceptors (Lipinski definition) is 6. The molecule has 0 fully saturated rings. The van der Waals surface area contributed by atoms with Crippen molar-refractivity contribution < 1.29 is 14.3 Å². The van der Waals surface area contributed by atoms with Gasteiger partial charge in [0.05, 0.1) is 17.0 Å². The molecule has 0 radical (unpaired) electrons. The fourth-order valence-electron chi connectivity index (χ4n) is 2.53. The van der Waals surface area contributed by atoms with Gasteiger partial charge in [0.1, 0.15) is 5.75 Å². The second-order valence-electron chi connectivity index (χ2n) is 6.41. The number of amides is 2. The second-order valence-corrected chi connectivity index (χ2v) is 6.41. The Bertz CT molecular complexity index is 1010. The predicted octanol–water partition coefficient (Wildman–Crippen LogP) is 2.08. The molecule has 1 aliphatic heterocycles. The number of benzene rings is 2. The van der Waals surface area contributed by atoms with E-state index in [1.165, 1.54) is 0 Å². The fraction of sp³-hybridized carbons (Fsp3) is 0.143. The maximum Gasteiger partial charge on any atom is 0.277 e. The minimum Gasteiger partial charge on any atom is -0.484 e. The summed E-state index contributed by atoms with van der Waals surface area (Å²) < 4.78 is 5.47. The van der Waals surface area contributed by atoms with Gasteiger partial charge in [-0.2, -0.15) is 10.2 Å². The van der Waals surface area contributed by atoms with Crippen LogP contribution in [0.1, 0.15) is 25.0 Å². The van der Waals surface area contributed by atoms with Gasteiger partial charge in [-0.15, -0.1) is 0 Å². The molecule has 0 saturated heterocycles. The molecule has 0 atom stereocenters. The molecule has 0 aromatic heterocycles. The molecule has 8 nitrogen and oxygen atoms in total. The number of nitrogen functional groups attached to an aromatic ring is 1. The van der Waals surface area contributed by atoms with E-state index in [0.29, 0.717) is 28.4 Å². The Morgan fingerprint density at radius 2 is 1.90 bits per heavy atom. The molecule has 0 aliphatic carbocycles. The van der Waals surface area contributed by atoms with Crippen molar-refractivity contribution in [1.82, 2.24) is 10.9 Å². The fourth-order valence-corrected chi connectivity index (χ4v) is 2.53. The van der Waals surface area contributed by atoms with Crippen molar-refractivity contribution in [1.29, 1.82) is 0 Å². The molecule has 8 heteroatoms. The average molecular weight is 391 g/mol. The summed E-state index contributed by atoms with van der Waals surface area (Å²) in [6.45, 7) is 3.38. The highest BCUT2D eigenvalue weighted by atomic mass is 16.5. The normalized spacial score (nSPS) is 15.1. The number of carbonyl (C=O) groups is 2. The van der Waals surface area contributed by atoms with E-state index in [1.54, 1.807) is 56.3 Å². The van der Waals surface area contributed by atoms with Crippen molar-refractivity contribution in [3.8, 4) is 5.75 Å². The van der Waals surface area contributed by atoms with Crippen molar-refractivity contribution in [3.63, 3.8) is 0 Å². The highest BCUT2D eigenvalue weighted by Crippen LogP contribution is 2.16. The van der Waals surface area contributed by atoms with Crippen LogP contribution in [0.15, 0.2) is 64.3 Å². The van der Waals surface area contributed by atoms with Crippen LogP contribution in [0.2, 0.25) is 0 Å². The summed E-state index contributed by atoms with van der Waals surface area (Å²) in [7, 11) is 0. The van der Waals surface area contributed by atoms with Crippen molar-refractivity contribution in [2.45, 2.75) is 13.8 Å². The smallest absolute Gasteiger partial charge is 0.277 e. The first-order chi connectivity index (χ1) is 13.9. The Hall–Kier alpha value is -3.94. The standard InChI is InChI=1S/C21H21N5O3/c1-13(16-5-7-17(22)8-6-16)23-25-20(27)12-29-18-9-3-15(4-10-18)11-19-14(2)24-26-21(19)28/h3-11H,12,22H2,1-2H3,(H,25,27)(H,26,28)/b19-11-,23-13-. The molecule has 2 aromatic carbocycles. The van der Waals surface area contributed by atoms with E-state index < -0.39 is 0 Å². The van der Waals surface area contributed by atoms with E-state index >= 15 is 0 Å². The monoisotopic (exact) mass is 391 g/mol. The van der Waals surface area contributed by atoms with Crippen LogP contribution in [0.25, 0.3) is 6.08 Å². The number of hydrogen-bond donors (Lipinski definition) is 3. The highest BCUT2D eigenvalue weighted by Gasteiger charge is 2.18. The molecule has 148 valence electrons. The maximum atomic E-state index is 11.9. The van der Waals surface area contributed by atoms with Crippen LogP contribution in [-0.2, 0) is 9.59 Å². The SMILES string of the molecule is CC1=NNC(=O)/C1=C\c1ccc(OCC(=O)N/N=C(/C)c2ccc(N)cc2)cc1. The number of rotatable bonds is 6. The Balaban J connectivity index is 1.52. The van der Waals surface area contributed by atoms with E-state index in [0.717, 1.165) is 11.1 Å². The van der Waals surface area contributed by atoms with E-state index in [1.807, 2.05) is 12.1 Å². The molecular weight excluding hydrogens is 370 g/mol. The first-order valence-corrected chi connectivity index (χ1v) is 8.91. The molecule has 1 aliphatic rings. The van der Waals surface area contributed by atoms with Crippen molar-refractivity contribution in [2.24, 2.45) is 10.2 Å². The van der Waals surface area contributed by atoms with Gasteiger partial charge in [-0.05, 0) is 55.3 Å². The van der Waals surface area contributed by atoms with Crippen molar-refractivity contribution >= 4 is 35.0 Å². The molecule has 29 heavy (non-hydrogen) atoms. The number of hydrazone groups is 2. The van der Waals surface area contributed by atoms with Crippen molar-refractivity contribution in [3.05, 3.63) is 65.2 Å². The van der Waals surface area contributed by atoms with Gasteiger partial charge in [0, 0.05) is 5.69 Å². The minimum absolute atomic E-state index is 0.173. The summed E-state index contributed by atoms with van der Waals surface area (Å²) >= 11 is 0. The molecule has 0 saturated carbocycles. The number of anilines is 1. The zero-order valence-corrected chi connectivity index (χ0v) is 16.1. The molecule has 0 bridgehead atoms. The quantitative estimate of drug-likeness (QED) is 0.302. The van der Waals surface area contributed by atoms with E-state index in [-0.39, 0.29) is 18.4 Å². The predicted molar refractivity (Wildman–Crippen MR) is 112 cm³/mol. The Morgan fingerprint density at radius 1 is 1.21 bits per heavy atom. The van der Waals surface area contributed by atoms with E-state index in [4.69, 9.17) is 10.5 Å². The molecule has 0 unspecified atom stereocenters. The Morgan fingerprint density at radius 3 is 2.52 bits per heavy atom. The minimum atomic E-state index is -0.375. The van der Waals surface area contributed by atoms with Gasteiger partial charge in [-0.1, -0.05) is 24.3 Å². The second kappa shape index (κ2) is 8.83. The third-order valence-electron chi connectivity index (χ3n) is 4.20. The summed E-state index contributed by atoms with van der Waals surface area (Å²) in [5.41, 5.74) is 14.7. The molecule has 0 spiro atoms. The Labute approximate surface area is 168 Å². The lowest BCUT2D eigenvalue weighted by atomic mass is 10.1. The van der Waals surface area contributed by atoms with E-state index in [2.05, 4.69) is 21.1 Å². The largest absolute Gasteiger partial charge is 0.484 e. The average Bonchev–Trinajstić information content (AvgIpc) is 3.04. The number of nitrogens with two attached hydrogens (primary N) is 1. The van der Waals surface area contributed by atoms with Gasteiger partial charge in [-0.25, -0.2) is 10.9 Å². The maximum absolute atomic E-state index is 11.9. The highest BCUT2D eigenvalue weighted by molar-refractivity contribution is 6.26. The van der Waals surface area contributed by atoms with Gasteiger partial charge < -0.3 is 10.5 Å². The van der Waals surface area contributed by atoms with Gasteiger partial charge in [-0.3, -0.25) is 9.59 Å². The number of nitrogens with one attached hydrogen (secondary N) is 2. The molecule has 2 aromatic rings. The molecule has 4 N–H and O–H groups in total. The van der Waals surface area contributed by atoms with Crippen LogP contribution in [0.3, 0.4) is 0 Å². The van der Waals surface area contributed by atoms with Crippen LogP contribution < -0.4 is 21.3 Å². The summed E-state index contributed by atoms with van der Waals surface area (Å²) in [5.74, 6) is -0.0717. The van der Waals surface area contributed by atoms with Gasteiger partial charge in [0.2, 0.25) is 0 Å². The first-order valence-electron chi connectivity index (χ1n) is 8.91. The first kappa shape index (κ1) is 19.8. The lowest BCUT2D eigenvalue weighted by molar-refractivity contribution is -0.123. The number of carbonyl (C=O) groups excluding carboxylic acids is 2. The summed E-state index contributed by atoms with van der Waals surface area (Å²) in [5, 5.41) is 7.94. The topological polar surface area (TPSA) is 118 Å². The zero-order chi connectivity index (χ0) is 20.8. The summed E-state index contributed by atoms with van der Waals surface area (Å²) in [6.07, 6.45) is 1.74. The molecule has 2 amide bonds. The lowest BCUT2D eigenvalue weighted by Crippen LogP contribution is -2.25. The number of ether oxygens (including phenoxy) is 1. The number of nitrogens with zero attached hydrogens (tertiary/aromatic N) is 2. The van der Waals surface area contributed by atoms with Crippen LogP contribution in [0.4, 0.5) is 5.69 Å². The van der Waals surface area contributed by atoms with Gasteiger partial charge in [0.25, 0.3) is 11.8 Å².